The molecule has 1 aromatic heterocycles. The minimum atomic E-state index is -0.160. The van der Waals surface area contributed by atoms with E-state index in [9.17, 15) is 0 Å². The van der Waals surface area contributed by atoms with Gasteiger partial charge in [-0.05, 0) is 43.9 Å². The Hall–Kier alpha value is -1.94. The lowest BCUT2D eigenvalue weighted by Crippen LogP contribution is -2.16. The van der Waals surface area contributed by atoms with Crippen LogP contribution >= 0.6 is 0 Å². The summed E-state index contributed by atoms with van der Waals surface area (Å²) in [6.07, 6.45) is 2.25. The van der Waals surface area contributed by atoms with E-state index >= 15 is 0 Å². The van der Waals surface area contributed by atoms with Crippen molar-refractivity contribution in [2.45, 2.75) is 33.2 Å². The van der Waals surface area contributed by atoms with Crippen molar-refractivity contribution in [3.63, 3.8) is 0 Å². The lowest BCUT2D eigenvalue weighted by atomic mass is 9.93. The van der Waals surface area contributed by atoms with E-state index in [1.807, 2.05) is 0 Å². The van der Waals surface area contributed by atoms with Gasteiger partial charge in [-0.3, -0.25) is 0 Å². The Morgan fingerprint density at radius 2 is 1.75 bits per heavy atom. The molecule has 0 amide bonds. The van der Waals surface area contributed by atoms with Crippen molar-refractivity contribution >= 4 is 0 Å². The molecule has 0 aliphatic rings. The third-order valence-electron chi connectivity index (χ3n) is 3.52. The van der Waals surface area contributed by atoms with E-state index in [0.29, 0.717) is 5.88 Å². The predicted molar refractivity (Wildman–Crippen MR) is 79.9 cm³/mol. The maximum atomic E-state index is 6.28. The van der Waals surface area contributed by atoms with Crippen molar-refractivity contribution in [2.24, 2.45) is 5.73 Å². The molecule has 0 aliphatic heterocycles. The average molecular weight is 271 g/mol. The van der Waals surface area contributed by atoms with Gasteiger partial charge in [-0.25, -0.2) is 9.97 Å². The van der Waals surface area contributed by atoms with E-state index in [-0.39, 0.29) is 6.04 Å². The minimum absolute atomic E-state index is 0.160. The molecule has 4 heteroatoms. The molecule has 4 nitrogen and oxygen atoms in total. The molecule has 0 aliphatic carbocycles. The molecule has 20 heavy (non-hydrogen) atoms. The van der Waals surface area contributed by atoms with Crippen LogP contribution in [0.4, 0.5) is 0 Å². The maximum absolute atomic E-state index is 6.28. The molecular weight excluding hydrogens is 250 g/mol. The van der Waals surface area contributed by atoms with Crippen LogP contribution in [0.5, 0.6) is 5.88 Å². The van der Waals surface area contributed by atoms with Gasteiger partial charge < -0.3 is 10.5 Å². The first-order chi connectivity index (χ1) is 9.51. The van der Waals surface area contributed by atoms with E-state index in [0.717, 1.165) is 12.1 Å². The van der Waals surface area contributed by atoms with Crippen LogP contribution in [0, 0.1) is 20.8 Å². The normalized spacial score (nSPS) is 12.2. The molecule has 0 spiro atoms. The molecule has 2 N–H and O–H groups in total. The quantitative estimate of drug-likeness (QED) is 0.928. The van der Waals surface area contributed by atoms with Gasteiger partial charge in [-0.2, -0.15) is 0 Å². The fraction of sp³-hybridized carbons (Fsp3) is 0.375. The lowest BCUT2D eigenvalue weighted by Gasteiger charge is -2.16. The number of methoxy groups -OCH3 is 1. The topological polar surface area (TPSA) is 61.0 Å². The van der Waals surface area contributed by atoms with Gasteiger partial charge in [0.05, 0.1) is 18.8 Å². The first-order valence-corrected chi connectivity index (χ1v) is 6.69. The van der Waals surface area contributed by atoms with Gasteiger partial charge >= 0.3 is 0 Å². The van der Waals surface area contributed by atoms with Gasteiger partial charge in [0.1, 0.15) is 6.33 Å². The highest BCUT2D eigenvalue weighted by Gasteiger charge is 2.13. The molecule has 1 heterocycles. The summed E-state index contributed by atoms with van der Waals surface area (Å²) in [5.41, 5.74) is 12.2. The highest BCUT2D eigenvalue weighted by atomic mass is 16.5. The summed E-state index contributed by atoms with van der Waals surface area (Å²) in [4.78, 5) is 8.25. The SMILES string of the molecule is COc1cc(C(N)Cc2c(C)cc(C)cc2C)ncn1. The predicted octanol–water partition coefficient (Wildman–Crippen LogP) is 2.65. The third kappa shape index (κ3) is 3.14. The molecule has 0 saturated heterocycles. The standard InChI is InChI=1S/C16H21N3O/c1-10-5-11(2)13(12(3)6-10)7-14(17)15-8-16(20-4)19-9-18-15/h5-6,8-9,14H,7,17H2,1-4H3. The lowest BCUT2D eigenvalue weighted by molar-refractivity contribution is 0.395. The van der Waals surface area contributed by atoms with Gasteiger partial charge in [0.15, 0.2) is 0 Å². The van der Waals surface area contributed by atoms with E-state index in [1.54, 1.807) is 13.2 Å². The zero-order valence-electron chi connectivity index (χ0n) is 12.5. The largest absolute Gasteiger partial charge is 0.481 e. The Morgan fingerprint density at radius 3 is 2.35 bits per heavy atom. The van der Waals surface area contributed by atoms with Crippen LogP contribution < -0.4 is 10.5 Å². The molecule has 0 radical (unpaired) electrons. The van der Waals surface area contributed by atoms with E-state index in [4.69, 9.17) is 10.5 Å². The second-order valence-electron chi connectivity index (χ2n) is 5.17. The highest BCUT2D eigenvalue weighted by Crippen LogP contribution is 2.22. The Kier molecular flexibility index (Phi) is 4.35. The van der Waals surface area contributed by atoms with Crippen LogP contribution in [-0.2, 0) is 6.42 Å². The summed E-state index contributed by atoms with van der Waals surface area (Å²) in [5.74, 6) is 0.544. The summed E-state index contributed by atoms with van der Waals surface area (Å²) < 4.78 is 5.11. The molecular formula is C16H21N3O. The third-order valence-corrected chi connectivity index (χ3v) is 3.52. The molecule has 1 aromatic carbocycles. The number of hydrogen-bond acceptors (Lipinski definition) is 4. The van der Waals surface area contributed by atoms with Crippen LogP contribution in [-0.4, -0.2) is 17.1 Å². The number of hydrogen-bond donors (Lipinski definition) is 1. The fourth-order valence-electron chi connectivity index (χ4n) is 2.52. The minimum Gasteiger partial charge on any atom is -0.481 e. The molecule has 2 rings (SSSR count). The van der Waals surface area contributed by atoms with Gasteiger partial charge in [0.25, 0.3) is 0 Å². The summed E-state index contributed by atoms with van der Waals surface area (Å²) in [7, 11) is 1.59. The second kappa shape index (κ2) is 6.01. The van der Waals surface area contributed by atoms with Crippen LogP contribution in [0.3, 0.4) is 0 Å². The molecule has 2 aromatic rings. The van der Waals surface area contributed by atoms with Gasteiger partial charge in [0.2, 0.25) is 5.88 Å². The van der Waals surface area contributed by atoms with Crippen LogP contribution in [0.2, 0.25) is 0 Å². The first-order valence-electron chi connectivity index (χ1n) is 6.69. The Balaban J connectivity index is 2.25. The van der Waals surface area contributed by atoms with Gasteiger partial charge in [-0.1, -0.05) is 17.7 Å². The second-order valence-corrected chi connectivity index (χ2v) is 5.17. The number of rotatable bonds is 4. The Morgan fingerprint density at radius 1 is 1.10 bits per heavy atom. The van der Waals surface area contributed by atoms with Crippen molar-refractivity contribution in [3.05, 3.63) is 52.5 Å². The first kappa shape index (κ1) is 14.5. The van der Waals surface area contributed by atoms with E-state index in [2.05, 4.69) is 42.9 Å². The zero-order chi connectivity index (χ0) is 14.7. The molecule has 0 fully saturated rings. The summed E-state index contributed by atoms with van der Waals surface area (Å²) in [6.45, 7) is 6.37. The number of nitrogens with two attached hydrogens (primary N) is 1. The molecule has 1 atom stereocenters. The average Bonchev–Trinajstić information content (AvgIpc) is 2.42. The van der Waals surface area contributed by atoms with Crippen LogP contribution in [0.25, 0.3) is 0 Å². The van der Waals surface area contributed by atoms with Crippen molar-refractivity contribution in [1.29, 1.82) is 0 Å². The maximum Gasteiger partial charge on any atom is 0.216 e. The summed E-state index contributed by atoms with van der Waals surface area (Å²) in [5, 5.41) is 0. The van der Waals surface area contributed by atoms with E-state index < -0.39 is 0 Å². The van der Waals surface area contributed by atoms with Crippen LogP contribution in [0.15, 0.2) is 24.5 Å². The summed E-state index contributed by atoms with van der Waals surface area (Å²) in [6, 6.07) is 6.02. The molecule has 0 bridgehead atoms. The molecule has 106 valence electrons. The molecule has 0 saturated carbocycles. The van der Waals surface area contributed by atoms with Crippen molar-refractivity contribution in [2.75, 3.05) is 7.11 Å². The van der Waals surface area contributed by atoms with E-state index in [1.165, 1.54) is 28.6 Å². The number of aryl methyl sites for hydroxylation is 3. The van der Waals surface area contributed by atoms with Crippen molar-refractivity contribution in [3.8, 4) is 5.88 Å². The number of ether oxygens (including phenoxy) is 1. The Labute approximate surface area is 120 Å². The monoisotopic (exact) mass is 271 g/mol. The highest BCUT2D eigenvalue weighted by molar-refractivity contribution is 5.38. The van der Waals surface area contributed by atoms with Crippen molar-refractivity contribution < 1.29 is 4.74 Å². The summed E-state index contributed by atoms with van der Waals surface area (Å²) >= 11 is 0. The number of aromatic nitrogens is 2. The van der Waals surface area contributed by atoms with Gasteiger partial charge in [-0.15, -0.1) is 0 Å². The zero-order valence-corrected chi connectivity index (χ0v) is 12.5. The van der Waals surface area contributed by atoms with Crippen LogP contribution in [0.1, 0.15) is 34.0 Å². The Bertz CT molecular complexity index is 587. The van der Waals surface area contributed by atoms with Crippen molar-refractivity contribution in [1.82, 2.24) is 9.97 Å². The van der Waals surface area contributed by atoms with Gasteiger partial charge in [0, 0.05) is 6.07 Å². The number of benzene rings is 1. The smallest absolute Gasteiger partial charge is 0.216 e. The number of nitrogens with zero attached hydrogens (tertiary/aromatic N) is 2. The molecule has 1 unspecified atom stereocenters. The fourth-order valence-corrected chi connectivity index (χ4v) is 2.52.